The Kier molecular flexibility index (Phi) is 7.36. The summed E-state index contributed by atoms with van der Waals surface area (Å²) in [5.41, 5.74) is 10.9. The van der Waals surface area contributed by atoms with Gasteiger partial charge in [-0.3, -0.25) is 0 Å². The summed E-state index contributed by atoms with van der Waals surface area (Å²) in [5.74, 6) is 0.686. The lowest BCUT2D eigenvalue weighted by molar-refractivity contribution is 0.00578. The van der Waals surface area contributed by atoms with E-state index in [-0.39, 0.29) is 11.2 Å². The minimum absolute atomic E-state index is 0.387. The Hall–Kier alpha value is -5.30. The summed E-state index contributed by atoms with van der Waals surface area (Å²) >= 11 is 0. The van der Waals surface area contributed by atoms with Crippen LogP contribution in [0.5, 0.6) is 0 Å². The molecule has 0 amide bonds. The number of rotatable bonds is 6. The van der Waals surface area contributed by atoms with Crippen molar-refractivity contribution in [2.75, 3.05) is 0 Å². The largest absolute Gasteiger partial charge is 0.494 e. The number of nitrogens with zero attached hydrogens (tertiary/aromatic N) is 3. The molecule has 2 aromatic heterocycles. The summed E-state index contributed by atoms with van der Waals surface area (Å²) in [7, 11) is -0.404. The molecule has 1 aliphatic heterocycles. The molecule has 0 spiro atoms. The molecule has 1 fully saturated rings. The average molecular weight is 626 g/mol. The molecule has 1 saturated heterocycles. The van der Waals surface area contributed by atoms with E-state index in [0.29, 0.717) is 5.82 Å². The van der Waals surface area contributed by atoms with Gasteiger partial charge in [0.2, 0.25) is 0 Å². The number of benzene rings is 5. The van der Waals surface area contributed by atoms with Gasteiger partial charge in [-0.25, -0.2) is 9.50 Å². The molecule has 0 N–H and O–H groups in total. The van der Waals surface area contributed by atoms with Crippen molar-refractivity contribution in [3.63, 3.8) is 0 Å². The van der Waals surface area contributed by atoms with Crippen molar-refractivity contribution in [2.24, 2.45) is 0 Å². The topological polar surface area (TPSA) is 48.7 Å². The first kappa shape index (κ1) is 30.1. The van der Waals surface area contributed by atoms with Gasteiger partial charge >= 0.3 is 7.12 Å². The van der Waals surface area contributed by atoms with Gasteiger partial charge in [0.05, 0.1) is 11.2 Å². The Bertz CT molecular complexity index is 2240. The molecule has 0 saturated carbocycles. The molecular weight excluding hydrogens is 589 g/mol. The number of pyridine rings is 1. The standard InChI is InChI=1S/C42H36BN3O2/c1-41(2)42(3,4)48-43(47-41)37-23-13-21-34(26-37)32-19-11-18-31(24-32)33-20-12-22-35(25-33)39-44-40-38(30-16-9-6-10-17-30)27-36(28-46(40)45-39)29-14-7-5-8-15-29/h5-28H,1-4H3. The predicted molar refractivity (Wildman–Crippen MR) is 196 cm³/mol. The fraction of sp³-hybridized carbons (Fsp3) is 0.143. The van der Waals surface area contributed by atoms with E-state index in [9.17, 15) is 0 Å². The maximum atomic E-state index is 6.34. The molecule has 0 bridgehead atoms. The molecule has 1 aliphatic rings. The molecule has 234 valence electrons. The van der Waals surface area contributed by atoms with Crippen LogP contribution in [-0.4, -0.2) is 32.9 Å². The highest BCUT2D eigenvalue weighted by atomic mass is 16.7. The van der Waals surface area contributed by atoms with Crippen molar-refractivity contribution in [3.8, 4) is 55.9 Å². The molecule has 3 heterocycles. The number of fused-ring (bicyclic) bond motifs is 1. The minimum atomic E-state index is -0.404. The van der Waals surface area contributed by atoms with Crippen LogP contribution in [-0.2, 0) is 9.31 Å². The predicted octanol–water partition coefficient (Wildman–Crippen LogP) is 9.36. The van der Waals surface area contributed by atoms with Gasteiger partial charge in [-0.2, -0.15) is 0 Å². The minimum Gasteiger partial charge on any atom is -0.399 e. The maximum Gasteiger partial charge on any atom is 0.494 e. The quantitative estimate of drug-likeness (QED) is 0.173. The second kappa shape index (κ2) is 11.7. The molecule has 7 aromatic rings. The van der Waals surface area contributed by atoms with E-state index in [2.05, 4.69) is 161 Å². The van der Waals surface area contributed by atoms with Crippen LogP contribution in [0.3, 0.4) is 0 Å². The van der Waals surface area contributed by atoms with Crippen LogP contribution in [0.2, 0.25) is 0 Å². The van der Waals surface area contributed by atoms with E-state index in [0.717, 1.165) is 61.2 Å². The zero-order chi connectivity index (χ0) is 32.9. The average Bonchev–Trinajstić information content (AvgIpc) is 3.65. The van der Waals surface area contributed by atoms with E-state index >= 15 is 0 Å². The monoisotopic (exact) mass is 625 g/mol. The van der Waals surface area contributed by atoms with Crippen LogP contribution in [0.1, 0.15) is 27.7 Å². The molecule has 5 nitrogen and oxygen atoms in total. The van der Waals surface area contributed by atoms with E-state index < -0.39 is 7.12 Å². The van der Waals surface area contributed by atoms with Crippen LogP contribution < -0.4 is 5.46 Å². The lowest BCUT2D eigenvalue weighted by Gasteiger charge is -2.32. The van der Waals surface area contributed by atoms with Gasteiger partial charge in [0.15, 0.2) is 11.5 Å². The molecule has 5 aromatic carbocycles. The van der Waals surface area contributed by atoms with Crippen molar-refractivity contribution in [3.05, 3.63) is 146 Å². The van der Waals surface area contributed by atoms with Gasteiger partial charge in [0, 0.05) is 22.9 Å². The summed E-state index contributed by atoms with van der Waals surface area (Å²) < 4.78 is 14.6. The second-order valence-corrected chi connectivity index (χ2v) is 13.5. The van der Waals surface area contributed by atoms with E-state index in [1.165, 1.54) is 0 Å². The molecule has 0 radical (unpaired) electrons. The van der Waals surface area contributed by atoms with E-state index in [1.807, 2.05) is 16.6 Å². The van der Waals surface area contributed by atoms with Crippen molar-refractivity contribution in [2.45, 2.75) is 38.9 Å². The first-order valence-corrected chi connectivity index (χ1v) is 16.4. The summed E-state index contributed by atoms with van der Waals surface area (Å²) in [6.07, 6.45) is 2.07. The summed E-state index contributed by atoms with van der Waals surface area (Å²) in [6, 6.07) is 48.6. The second-order valence-electron chi connectivity index (χ2n) is 13.5. The van der Waals surface area contributed by atoms with Crippen LogP contribution in [0.25, 0.3) is 61.5 Å². The lowest BCUT2D eigenvalue weighted by atomic mass is 9.78. The third kappa shape index (κ3) is 5.53. The maximum absolute atomic E-state index is 6.34. The number of hydrogen-bond donors (Lipinski definition) is 0. The normalized spacial score (nSPS) is 15.2. The Labute approximate surface area is 282 Å². The number of hydrogen-bond acceptors (Lipinski definition) is 4. The highest BCUT2D eigenvalue weighted by Gasteiger charge is 2.51. The van der Waals surface area contributed by atoms with Gasteiger partial charge in [0.1, 0.15) is 0 Å². The first-order valence-electron chi connectivity index (χ1n) is 16.4. The molecule has 8 rings (SSSR count). The zero-order valence-corrected chi connectivity index (χ0v) is 27.6. The van der Waals surface area contributed by atoms with Gasteiger partial charge < -0.3 is 9.31 Å². The highest BCUT2D eigenvalue weighted by Crippen LogP contribution is 2.37. The van der Waals surface area contributed by atoms with Crippen LogP contribution in [0.4, 0.5) is 0 Å². The van der Waals surface area contributed by atoms with Crippen molar-refractivity contribution >= 4 is 18.2 Å². The molecule has 0 unspecified atom stereocenters. The first-order chi connectivity index (χ1) is 23.2. The Morgan fingerprint density at radius 2 is 1.00 bits per heavy atom. The van der Waals surface area contributed by atoms with Crippen LogP contribution in [0, 0.1) is 0 Å². The number of aromatic nitrogens is 3. The molecule has 48 heavy (non-hydrogen) atoms. The van der Waals surface area contributed by atoms with E-state index in [1.54, 1.807) is 0 Å². The zero-order valence-electron chi connectivity index (χ0n) is 27.6. The third-order valence-corrected chi connectivity index (χ3v) is 9.69. The lowest BCUT2D eigenvalue weighted by Crippen LogP contribution is -2.41. The van der Waals surface area contributed by atoms with E-state index in [4.69, 9.17) is 19.4 Å². The Morgan fingerprint density at radius 1 is 0.500 bits per heavy atom. The fourth-order valence-electron chi connectivity index (χ4n) is 6.29. The van der Waals surface area contributed by atoms with Crippen molar-refractivity contribution in [1.29, 1.82) is 0 Å². The fourth-order valence-corrected chi connectivity index (χ4v) is 6.29. The molecule has 0 atom stereocenters. The van der Waals surface area contributed by atoms with Crippen molar-refractivity contribution in [1.82, 2.24) is 14.6 Å². The third-order valence-electron chi connectivity index (χ3n) is 9.69. The summed E-state index contributed by atoms with van der Waals surface area (Å²) in [4.78, 5) is 5.09. The van der Waals surface area contributed by atoms with Gasteiger partial charge in [-0.1, -0.05) is 121 Å². The van der Waals surface area contributed by atoms with Gasteiger partial charge in [-0.05, 0) is 84.7 Å². The van der Waals surface area contributed by atoms with Gasteiger partial charge in [-0.15, -0.1) is 5.10 Å². The Balaban J connectivity index is 1.14. The van der Waals surface area contributed by atoms with Crippen molar-refractivity contribution < 1.29 is 9.31 Å². The van der Waals surface area contributed by atoms with Crippen LogP contribution in [0.15, 0.2) is 146 Å². The van der Waals surface area contributed by atoms with Gasteiger partial charge in [0.25, 0.3) is 0 Å². The summed E-state index contributed by atoms with van der Waals surface area (Å²) in [6.45, 7) is 8.33. The summed E-state index contributed by atoms with van der Waals surface area (Å²) in [5, 5.41) is 5.00. The molecular formula is C42H36BN3O2. The molecule has 6 heteroatoms. The van der Waals surface area contributed by atoms with Crippen LogP contribution >= 0.6 is 0 Å². The Morgan fingerprint density at radius 3 is 1.62 bits per heavy atom. The smallest absolute Gasteiger partial charge is 0.399 e. The highest BCUT2D eigenvalue weighted by molar-refractivity contribution is 6.62. The molecule has 0 aliphatic carbocycles. The SMILES string of the molecule is CC1(C)OB(c2cccc(-c3cccc(-c4cccc(-c5nc6c(-c7ccccc7)cc(-c7ccccc7)cn6n5)c4)c3)c2)OC1(C)C.